The highest BCUT2D eigenvalue weighted by atomic mass is 16.3. The van der Waals surface area contributed by atoms with Gasteiger partial charge >= 0.3 is 0 Å². The first kappa shape index (κ1) is 15.8. The minimum Gasteiger partial charge on any atom is -0.393 e. The fourth-order valence-electron chi connectivity index (χ4n) is 5.11. The molecule has 2 N–H and O–H groups in total. The first-order valence-corrected chi connectivity index (χ1v) is 9.37. The number of nitrogens with zero attached hydrogens (tertiary/aromatic N) is 1. The largest absolute Gasteiger partial charge is 0.393 e. The molecule has 3 heteroatoms. The Labute approximate surface area is 130 Å². The van der Waals surface area contributed by atoms with Crippen LogP contribution >= 0.6 is 0 Å². The summed E-state index contributed by atoms with van der Waals surface area (Å²) in [7, 11) is 0. The average molecular weight is 294 g/mol. The number of aliphatic hydroxyl groups excluding tert-OH is 1. The number of nitrogens with one attached hydrogen (secondary N) is 1. The molecule has 122 valence electrons. The lowest BCUT2D eigenvalue weighted by Gasteiger charge is -2.46. The molecule has 2 heterocycles. The van der Waals surface area contributed by atoms with Crippen LogP contribution in [0.15, 0.2) is 0 Å². The zero-order valence-corrected chi connectivity index (χ0v) is 13.8. The second-order valence-electron chi connectivity index (χ2n) is 7.92. The van der Waals surface area contributed by atoms with Crippen LogP contribution < -0.4 is 5.32 Å². The maximum atomic E-state index is 10.0. The molecule has 2 aliphatic heterocycles. The third-order valence-corrected chi connectivity index (χ3v) is 6.22. The standard InChI is InChI=1S/C18H34N2O/c1-2-10-19-13-18(8-4-3-5-9-18)14-20-15-6-7-16(20)12-17(21)11-15/h15-17,19,21H,2-14H2,1H3. The van der Waals surface area contributed by atoms with E-state index in [1.165, 1.54) is 64.5 Å². The lowest BCUT2D eigenvalue weighted by Crippen LogP contribution is -2.52. The number of piperidine rings is 1. The molecule has 0 aromatic carbocycles. The monoisotopic (exact) mass is 294 g/mol. The molecule has 1 saturated carbocycles. The summed E-state index contributed by atoms with van der Waals surface area (Å²) in [4.78, 5) is 2.80. The van der Waals surface area contributed by atoms with Gasteiger partial charge in [0.25, 0.3) is 0 Å². The second kappa shape index (κ2) is 6.97. The molecular weight excluding hydrogens is 260 g/mol. The number of hydrogen-bond acceptors (Lipinski definition) is 3. The summed E-state index contributed by atoms with van der Waals surface area (Å²) in [5, 5.41) is 13.7. The topological polar surface area (TPSA) is 35.5 Å². The number of hydrogen-bond donors (Lipinski definition) is 2. The predicted molar refractivity (Wildman–Crippen MR) is 87.4 cm³/mol. The van der Waals surface area contributed by atoms with E-state index in [0.717, 1.165) is 19.4 Å². The van der Waals surface area contributed by atoms with Gasteiger partial charge in [0.2, 0.25) is 0 Å². The van der Waals surface area contributed by atoms with Crippen molar-refractivity contribution in [3.05, 3.63) is 0 Å². The summed E-state index contributed by atoms with van der Waals surface area (Å²) >= 11 is 0. The van der Waals surface area contributed by atoms with E-state index in [0.29, 0.717) is 17.5 Å². The van der Waals surface area contributed by atoms with Gasteiger partial charge in [0, 0.05) is 25.2 Å². The van der Waals surface area contributed by atoms with Crippen LogP contribution in [0, 0.1) is 5.41 Å². The molecule has 2 bridgehead atoms. The van der Waals surface area contributed by atoms with E-state index < -0.39 is 0 Å². The van der Waals surface area contributed by atoms with Crippen molar-refractivity contribution < 1.29 is 5.11 Å². The molecule has 0 spiro atoms. The van der Waals surface area contributed by atoms with Crippen molar-refractivity contribution in [3.63, 3.8) is 0 Å². The highest BCUT2D eigenvalue weighted by Gasteiger charge is 2.44. The lowest BCUT2D eigenvalue weighted by molar-refractivity contribution is 0.0000483. The molecule has 0 amide bonds. The SMILES string of the molecule is CCCNCC1(CN2C3CCC2CC(O)C3)CCCCC1. The highest BCUT2D eigenvalue weighted by molar-refractivity contribution is 4.99. The Balaban J connectivity index is 1.64. The Morgan fingerprint density at radius 2 is 1.76 bits per heavy atom. The maximum Gasteiger partial charge on any atom is 0.0570 e. The lowest BCUT2D eigenvalue weighted by atomic mass is 9.73. The van der Waals surface area contributed by atoms with E-state index >= 15 is 0 Å². The third-order valence-electron chi connectivity index (χ3n) is 6.22. The first-order chi connectivity index (χ1) is 10.2. The Morgan fingerprint density at radius 1 is 1.10 bits per heavy atom. The van der Waals surface area contributed by atoms with Crippen LogP contribution in [0.5, 0.6) is 0 Å². The van der Waals surface area contributed by atoms with Crippen LogP contribution in [-0.2, 0) is 0 Å². The first-order valence-electron chi connectivity index (χ1n) is 9.37. The Kier molecular flexibility index (Phi) is 5.23. The van der Waals surface area contributed by atoms with Crippen LogP contribution in [-0.4, -0.2) is 47.8 Å². The van der Waals surface area contributed by atoms with Gasteiger partial charge in [-0.05, 0) is 56.9 Å². The van der Waals surface area contributed by atoms with Gasteiger partial charge in [0.1, 0.15) is 0 Å². The molecule has 21 heavy (non-hydrogen) atoms. The zero-order chi connectivity index (χ0) is 14.7. The smallest absolute Gasteiger partial charge is 0.0570 e. The third kappa shape index (κ3) is 3.62. The molecule has 3 nitrogen and oxygen atoms in total. The van der Waals surface area contributed by atoms with Gasteiger partial charge < -0.3 is 10.4 Å². The predicted octanol–water partition coefficient (Wildman–Crippen LogP) is 2.92. The van der Waals surface area contributed by atoms with E-state index in [4.69, 9.17) is 0 Å². The van der Waals surface area contributed by atoms with Gasteiger partial charge in [0.15, 0.2) is 0 Å². The van der Waals surface area contributed by atoms with Crippen LogP contribution in [0.25, 0.3) is 0 Å². The van der Waals surface area contributed by atoms with Crippen molar-refractivity contribution in [2.24, 2.45) is 5.41 Å². The molecule has 3 fully saturated rings. The Hall–Kier alpha value is -0.120. The van der Waals surface area contributed by atoms with Gasteiger partial charge in [-0.3, -0.25) is 4.90 Å². The number of aliphatic hydroxyl groups is 1. The fourth-order valence-corrected chi connectivity index (χ4v) is 5.11. The van der Waals surface area contributed by atoms with Crippen LogP contribution in [0.3, 0.4) is 0 Å². The summed E-state index contributed by atoms with van der Waals surface area (Å²) in [6, 6.07) is 1.34. The van der Waals surface area contributed by atoms with Gasteiger partial charge in [0.05, 0.1) is 6.10 Å². The van der Waals surface area contributed by atoms with Crippen molar-refractivity contribution in [1.82, 2.24) is 10.2 Å². The van der Waals surface area contributed by atoms with Gasteiger partial charge in [-0.2, -0.15) is 0 Å². The number of fused-ring (bicyclic) bond motifs is 2. The molecular formula is C18H34N2O. The summed E-state index contributed by atoms with van der Waals surface area (Å²) < 4.78 is 0. The molecule has 2 saturated heterocycles. The van der Waals surface area contributed by atoms with E-state index in [1.807, 2.05) is 0 Å². The highest BCUT2D eigenvalue weighted by Crippen LogP contribution is 2.42. The van der Waals surface area contributed by atoms with E-state index in [9.17, 15) is 5.11 Å². The van der Waals surface area contributed by atoms with Crippen molar-refractivity contribution in [2.75, 3.05) is 19.6 Å². The van der Waals surface area contributed by atoms with E-state index in [2.05, 4.69) is 17.1 Å². The van der Waals surface area contributed by atoms with Crippen molar-refractivity contribution in [3.8, 4) is 0 Å². The average Bonchev–Trinajstić information content (AvgIpc) is 2.71. The van der Waals surface area contributed by atoms with Crippen molar-refractivity contribution in [2.45, 2.75) is 89.3 Å². The fraction of sp³-hybridized carbons (Fsp3) is 1.00. The summed E-state index contributed by atoms with van der Waals surface area (Å²) in [5.41, 5.74) is 0.510. The number of rotatable bonds is 6. The van der Waals surface area contributed by atoms with Crippen molar-refractivity contribution >= 4 is 0 Å². The zero-order valence-electron chi connectivity index (χ0n) is 13.8. The van der Waals surface area contributed by atoms with Gasteiger partial charge in [-0.1, -0.05) is 26.2 Å². The normalized spacial score (nSPS) is 36.0. The molecule has 3 aliphatic rings. The molecule has 0 aromatic heterocycles. The van der Waals surface area contributed by atoms with Crippen LogP contribution in [0.4, 0.5) is 0 Å². The molecule has 1 aliphatic carbocycles. The van der Waals surface area contributed by atoms with E-state index in [-0.39, 0.29) is 6.10 Å². The van der Waals surface area contributed by atoms with Crippen LogP contribution in [0.1, 0.15) is 71.1 Å². The molecule has 0 aromatic rings. The van der Waals surface area contributed by atoms with Crippen molar-refractivity contribution in [1.29, 1.82) is 0 Å². The van der Waals surface area contributed by atoms with Gasteiger partial charge in [-0.25, -0.2) is 0 Å². The van der Waals surface area contributed by atoms with E-state index in [1.54, 1.807) is 0 Å². The Morgan fingerprint density at radius 3 is 2.38 bits per heavy atom. The van der Waals surface area contributed by atoms with Gasteiger partial charge in [-0.15, -0.1) is 0 Å². The summed E-state index contributed by atoms with van der Waals surface area (Å²) in [6.45, 7) is 5.91. The maximum absolute atomic E-state index is 10.0. The minimum absolute atomic E-state index is 0.0285. The molecule has 2 atom stereocenters. The quantitative estimate of drug-likeness (QED) is 0.739. The molecule has 3 rings (SSSR count). The van der Waals surface area contributed by atoms with Crippen LogP contribution in [0.2, 0.25) is 0 Å². The summed E-state index contributed by atoms with van der Waals surface area (Å²) in [5.74, 6) is 0. The Bertz CT molecular complexity index is 313. The molecule has 2 unspecified atom stereocenters. The second-order valence-corrected chi connectivity index (χ2v) is 7.92. The minimum atomic E-state index is -0.0285. The summed E-state index contributed by atoms with van der Waals surface area (Å²) in [6.07, 6.45) is 13.0. The molecule has 0 radical (unpaired) electrons.